The highest BCUT2D eigenvalue weighted by Crippen LogP contribution is 2.10. The van der Waals surface area contributed by atoms with Crippen molar-refractivity contribution >= 4 is 5.96 Å². The van der Waals surface area contributed by atoms with E-state index in [1.165, 1.54) is 6.33 Å². The molecule has 0 radical (unpaired) electrons. The zero-order chi connectivity index (χ0) is 12.8. The number of aryl methyl sites for hydroxylation is 1. The summed E-state index contributed by atoms with van der Waals surface area (Å²) in [7, 11) is 0. The van der Waals surface area contributed by atoms with E-state index >= 15 is 0 Å². The molecule has 0 amide bonds. The van der Waals surface area contributed by atoms with Crippen LogP contribution in [0.1, 0.15) is 25.6 Å². The summed E-state index contributed by atoms with van der Waals surface area (Å²) in [6.45, 7) is 4.81. The molecule has 1 aliphatic rings. The Morgan fingerprint density at radius 1 is 1.72 bits per heavy atom. The Kier molecular flexibility index (Phi) is 4.52. The molecule has 1 aromatic rings. The first-order valence-electron chi connectivity index (χ1n) is 6.31. The maximum absolute atomic E-state index is 5.79. The number of aliphatic imine (C=N–C) groups is 1. The Balaban J connectivity index is 1.77. The number of nitrogens with zero attached hydrogens (tertiary/aromatic N) is 4. The molecule has 0 bridgehead atoms. The van der Waals surface area contributed by atoms with Crippen LogP contribution in [0.15, 0.2) is 11.3 Å². The van der Waals surface area contributed by atoms with Gasteiger partial charge in [0.25, 0.3) is 0 Å². The number of nitrogens with one attached hydrogen (secondary N) is 1. The van der Waals surface area contributed by atoms with E-state index < -0.39 is 0 Å². The van der Waals surface area contributed by atoms with Gasteiger partial charge >= 0.3 is 0 Å². The van der Waals surface area contributed by atoms with Gasteiger partial charge in [-0.2, -0.15) is 5.10 Å². The fourth-order valence-electron chi connectivity index (χ4n) is 1.91. The number of aromatic nitrogens is 3. The van der Waals surface area contributed by atoms with Gasteiger partial charge in [-0.05, 0) is 19.8 Å². The second-order valence-corrected chi connectivity index (χ2v) is 4.21. The third kappa shape index (κ3) is 3.43. The van der Waals surface area contributed by atoms with Gasteiger partial charge in [-0.15, -0.1) is 0 Å². The minimum atomic E-state index is 0.262. The molecule has 0 aliphatic carbocycles. The lowest BCUT2D eigenvalue weighted by Crippen LogP contribution is -2.37. The van der Waals surface area contributed by atoms with Crippen LogP contribution in [0.3, 0.4) is 0 Å². The van der Waals surface area contributed by atoms with Gasteiger partial charge in [-0.3, -0.25) is 0 Å². The smallest absolute Gasteiger partial charge is 0.189 e. The third-order valence-corrected chi connectivity index (χ3v) is 2.92. The number of ether oxygens (including phenoxy) is 1. The van der Waals surface area contributed by atoms with Gasteiger partial charge < -0.3 is 15.8 Å². The minimum Gasteiger partial charge on any atom is -0.376 e. The van der Waals surface area contributed by atoms with Crippen molar-refractivity contribution in [1.29, 1.82) is 0 Å². The standard InChI is InChI=1S/C11H20N6O/c1-2-17-10(15-8-16-17)7-14-11(12)13-6-9-4-3-5-18-9/h8-9H,2-7H2,1H3,(H3,12,13,14). The van der Waals surface area contributed by atoms with Crippen molar-refractivity contribution in [3.05, 3.63) is 12.2 Å². The first kappa shape index (κ1) is 12.8. The first-order valence-corrected chi connectivity index (χ1v) is 6.31. The lowest BCUT2D eigenvalue weighted by Gasteiger charge is -2.10. The fourth-order valence-corrected chi connectivity index (χ4v) is 1.91. The average Bonchev–Trinajstić information content (AvgIpc) is 3.04. The molecule has 1 aromatic heterocycles. The Morgan fingerprint density at radius 2 is 2.61 bits per heavy atom. The molecule has 0 saturated carbocycles. The van der Waals surface area contributed by atoms with Crippen molar-refractivity contribution in [2.24, 2.45) is 10.7 Å². The Labute approximate surface area is 106 Å². The average molecular weight is 252 g/mol. The van der Waals surface area contributed by atoms with Crippen LogP contribution in [0, 0.1) is 0 Å². The topological polar surface area (TPSA) is 90.4 Å². The molecule has 7 heteroatoms. The lowest BCUT2D eigenvalue weighted by atomic mass is 10.2. The predicted octanol–water partition coefficient (Wildman–Crippen LogP) is -0.119. The van der Waals surface area contributed by atoms with Crippen LogP contribution in [0.5, 0.6) is 0 Å². The molecule has 0 spiro atoms. The summed E-state index contributed by atoms with van der Waals surface area (Å²) < 4.78 is 7.29. The maximum atomic E-state index is 5.79. The molecule has 18 heavy (non-hydrogen) atoms. The number of rotatable bonds is 5. The van der Waals surface area contributed by atoms with Crippen molar-refractivity contribution in [3.8, 4) is 0 Å². The highest BCUT2D eigenvalue weighted by molar-refractivity contribution is 5.77. The molecule has 7 nitrogen and oxygen atoms in total. The molecule has 1 unspecified atom stereocenters. The largest absolute Gasteiger partial charge is 0.376 e. The van der Waals surface area contributed by atoms with E-state index in [1.54, 1.807) is 4.68 Å². The minimum absolute atomic E-state index is 0.262. The van der Waals surface area contributed by atoms with E-state index in [2.05, 4.69) is 20.4 Å². The first-order chi connectivity index (χ1) is 8.79. The van der Waals surface area contributed by atoms with E-state index in [-0.39, 0.29) is 6.10 Å². The van der Waals surface area contributed by atoms with Gasteiger partial charge in [0.1, 0.15) is 18.7 Å². The van der Waals surface area contributed by atoms with E-state index in [9.17, 15) is 0 Å². The van der Waals surface area contributed by atoms with E-state index in [1.807, 2.05) is 6.92 Å². The summed E-state index contributed by atoms with van der Waals surface area (Å²) >= 11 is 0. The van der Waals surface area contributed by atoms with E-state index in [0.717, 1.165) is 38.4 Å². The summed E-state index contributed by atoms with van der Waals surface area (Å²) in [4.78, 5) is 8.37. The summed E-state index contributed by atoms with van der Waals surface area (Å²) in [6.07, 6.45) is 4.01. The quantitative estimate of drug-likeness (QED) is 0.563. The van der Waals surface area contributed by atoms with Gasteiger partial charge in [0.05, 0.1) is 6.10 Å². The van der Waals surface area contributed by atoms with Crippen molar-refractivity contribution in [3.63, 3.8) is 0 Å². The summed E-state index contributed by atoms with van der Waals surface area (Å²) in [5.74, 6) is 1.25. The molecule has 2 rings (SSSR count). The van der Waals surface area contributed by atoms with Crippen LogP contribution < -0.4 is 11.1 Å². The number of hydrogen-bond donors (Lipinski definition) is 2. The fraction of sp³-hybridized carbons (Fsp3) is 0.727. The Hall–Kier alpha value is -1.63. The van der Waals surface area contributed by atoms with Crippen LogP contribution in [-0.4, -0.2) is 40.0 Å². The van der Waals surface area contributed by atoms with Crippen LogP contribution in [0.4, 0.5) is 0 Å². The molecular formula is C11H20N6O. The molecule has 1 saturated heterocycles. The van der Waals surface area contributed by atoms with Crippen LogP contribution in [0.2, 0.25) is 0 Å². The molecule has 2 heterocycles. The molecule has 1 atom stereocenters. The molecule has 100 valence electrons. The van der Waals surface area contributed by atoms with E-state index in [4.69, 9.17) is 10.5 Å². The van der Waals surface area contributed by atoms with Gasteiger partial charge in [0, 0.05) is 19.7 Å². The molecule has 1 fully saturated rings. The number of nitrogens with two attached hydrogens (primary N) is 1. The maximum Gasteiger partial charge on any atom is 0.189 e. The Morgan fingerprint density at radius 3 is 3.33 bits per heavy atom. The Bertz CT molecular complexity index is 396. The van der Waals surface area contributed by atoms with Crippen molar-refractivity contribution in [2.45, 2.75) is 39.0 Å². The van der Waals surface area contributed by atoms with Gasteiger partial charge in [0.15, 0.2) is 5.96 Å². The molecule has 0 aromatic carbocycles. The van der Waals surface area contributed by atoms with Gasteiger partial charge in [-0.25, -0.2) is 14.7 Å². The van der Waals surface area contributed by atoms with Gasteiger partial charge in [0.2, 0.25) is 0 Å². The summed E-state index contributed by atoms with van der Waals surface area (Å²) in [6, 6.07) is 0. The SMILES string of the molecule is CCn1ncnc1CN=C(N)NCC1CCCO1. The highest BCUT2D eigenvalue weighted by atomic mass is 16.5. The molecule has 3 N–H and O–H groups in total. The van der Waals surface area contributed by atoms with Crippen LogP contribution in [0.25, 0.3) is 0 Å². The molecule has 1 aliphatic heterocycles. The second-order valence-electron chi connectivity index (χ2n) is 4.21. The number of hydrogen-bond acceptors (Lipinski definition) is 4. The van der Waals surface area contributed by atoms with Crippen molar-refractivity contribution in [2.75, 3.05) is 13.2 Å². The van der Waals surface area contributed by atoms with Crippen molar-refractivity contribution < 1.29 is 4.74 Å². The predicted molar refractivity (Wildman–Crippen MR) is 68.0 cm³/mol. The zero-order valence-corrected chi connectivity index (χ0v) is 10.7. The summed E-state index contributed by atoms with van der Waals surface area (Å²) in [5.41, 5.74) is 5.79. The third-order valence-electron chi connectivity index (χ3n) is 2.92. The van der Waals surface area contributed by atoms with Crippen LogP contribution in [-0.2, 0) is 17.8 Å². The highest BCUT2D eigenvalue weighted by Gasteiger charge is 2.14. The monoisotopic (exact) mass is 252 g/mol. The van der Waals surface area contributed by atoms with Gasteiger partial charge in [-0.1, -0.05) is 0 Å². The molecular weight excluding hydrogens is 232 g/mol. The van der Waals surface area contributed by atoms with Crippen LogP contribution >= 0.6 is 0 Å². The second kappa shape index (κ2) is 6.34. The normalized spacial score (nSPS) is 20.3. The lowest BCUT2D eigenvalue weighted by molar-refractivity contribution is 0.114. The van der Waals surface area contributed by atoms with Crippen molar-refractivity contribution in [1.82, 2.24) is 20.1 Å². The summed E-state index contributed by atoms with van der Waals surface area (Å²) in [5, 5.41) is 7.15. The zero-order valence-electron chi connectivity index (χ0n) is 10.7. The van der Waals surface area contributed by atoms with E-state index in [0.29, 0.717) is 12.5 Å². The number of guanidine groups is 1.